The quantitative estimate of drug-likeness (QED) is 0.886. The molecule has 0 spiro atoms. The summed E-state index contributed by atoms with van der Waals surface area (Å²) in [6.07, 6.45) is 0.988. The highest BCUT2D eigenvalue weighted by atomic mass is 35.5. The number of rotatable bonds is 4. The summed E-state index contributed by atoms with van der Waals surface area (Å²) in [7, 11) is 1.53. The maximum atomic E-state index is 13.0. The van der Waals surface area contributed by atoms with Crippen LogP contribution >= 0.6 is 12.4 Å². The van der Waals surface area contributed by atoms with E-state index in [2.05, 4.69) is 13.8 Å². The van der Waals surface area contributed by atoms with Gasteiger partial charge in [-0.3, -0.25) is 0 Å². The molecule has 2 N–H and O–H groups in total. The summed E-state index contributed by atoms with van der Waals surface area (Å²) < 4.78 is 18.1. The minimum absolute atomic E-state index is 0. The first-order chi connectivity index (χ1) is 7.10. The highest BCUT2D eigenvalue weighted by molar-refractivity contribution is 5.85. The van der Waals surface area contributed by atoms with E-state index in [9.17, 15) is 4.39 Å². The molecule has 1 unspecified atom stereocenters. The average Bonchev–Trinajstić information content (AvgIpc) is 2.26. The summed E-state index contributed by atoms with van der Waals surface area (Å²) in [5.74, 6) is 0.583. The van der Waals surface area contributed by atoms with Crippen LogP contribution in [0.3, 0.4) is 0 Å². The van der Waals surface area contributed by atoms with Crippen LogP contribution in [0.5, 0.6) is 5.75 Å². The van der Waals surface area contributed by atoms with Crippen molar-refractivity contribution in [1.29, 1.82) is 0 Å². The lowest BCUT2D eigenvalue weighted by molar-refractivity contribution is 0.385. The van der Waals surface area contributed by atoms with Crippen molar-refractivity contribution in [1.82, 2.24) is 0 Å². The van der Waals surface area contributed by atoms with Gasteiger partial charge in [0.1, 0.15) is 11.6 Å². The Balaban J connectivity index is 0.00000225. The summed E-state index contributed by atoms with van der Waals surface area (Å²) in [5, 5.41) is 0. The molecular weight excluding hydrogens is 229 g/mol. The van der Waals surface area contributed by atoms with Gasteiger partial charge in [-0.25, -0.2) is 4.39 Å². The van der Waals surface area contributed by atoms with Crippen LogP contribution in [0.1, 0.15) is 31.9 Å². The van der Waals surface area contributed by atoms with Crippen molar-refractivity contribution in [3.63, 3.8) is 0 Å². The Morgan fingerprint density at radius 2 is 2.06 bits per heavy atom. The maximum Gasteiger partial charge on any atom is 0.126 e. The molecule has 0 saturated carbocycles. The maximum absolute atomic E-state index is 13.0. The standard InChI is InChI=1S/C12H18FNO.ClH/c1-4-8(2)12(14)10-6-5-9(13)7-11(10)15-3;/h5-8,12H,4,14H2,1-3H3;1H/t8?,12-;/m1./s1. The van der Waals surface area contributed by atoms with Crippen LogP contribution in [-0.4, -0.2) is 7.11 Å². The Labute approximate surface area is 102 Å². The second-order valence-corrected chi connectivity index (χ2v) is 3.80. The summed E-state index contributed by atoms with van der Waals surface area (Å²) in [5.41, 5.74) is 6.94. The van der Waals surface area contributed by atoms with Gasteiger partial charge in [-0.05, 0) is 12.0 Å². The number of benzene rings is 1. The molecule has 0 aliphatic heterocycles. The molecule has 1 rings (SSSR count). The van der Waals surface area contributed by atoms with Gasteiger partial charge < -0.3 is 10.5 Å². The number of methoxy groups -OCH3 is 1. The first kappa shape index (κ1) is 15.2. The van der Waals surface area contributed by atoms with E-state index in [1.165, 1.54) is 19.2 Å². The highest BCUT2D eigenvalue weighted by Gasteiger charge is 2.17. The fourth-order valence-electron chi connectivity index (χ4n) is 1.52. The van der Waals surface area contributed by atoms with Crippen molar-refractivity contribution in [2.45, 2.75) is 26.3 Å². The van der Waals surface area contributed by atoms with Crippen LogP contribution in [0, 0.1) is 11.7 Å². The topological polar surface area (TPSA) is 35.2 Å². The molecule has 16 heavy (non-hydrogen) atoms. The molecule has 0 bridgehead atoms. The van der Waals surface area contributed by atoms with Crippen LogP contribution < -0.4 is 10.5 Å². The fourth-order valence-corrected chi connectivity index (χ4v) is 1.52. The number of nitrogens with two attached hydrogens (primary N) is 1. The molecule has 92 valence electrons. The summed E-state index contributed by atoms with van der Waals surface area (Å²) in [4.78, 5) is 0. The van der Waals surface area contributed by atoms with Crippen molar-refractivity contribution in [3.8, 4) is 5.75 Å². The first-order valence-electron chi connectivity index (χ1n) is 5.19. The van der Waals surface area contributed by atoms with E-state index in [1.54, 1.807) is 6.07 Å². The molecule has 0 heterocycles. The zero-order valence-corrected chi connectivity index (χ0v) is 10.7. The molecule has 0 fully saturated rings. The van der Waals surface area contributed by atoms with E-state index in [0.717, 1.165) is 12.0 Å². The summed E-state index contributed by atoms with van der Waals surface area (Å²) in [6.45, 7) is 4.16. The van der Waals surface area contributed by atoms with Crippen molar-refractivity contribution in [3.05, 3.63) is 29.6 Å². The third kappa shape index (κ3) is 3.35. The molecule has 0 aromatic heterocycles. The third-order valence-corrected chi connectivity index (χ3v) is 2.81. The van der Waals surface area contributed by atoms with Crippen molar-refractivity contribution in [2.75, 3.05) is 7.11 Å². The number of halogens is 2. The zero-order valence-electron chi connectivity index (χ0n) is 9.87. The van der Waals surface area contributed by atoms with E-state index in [4.69, 9.17) is 10.5 Å². The van der Waals surface area contributed by atoms with Crippen LogP contribution in [0.25, 0.3) is 0 Å². The van der Waals surface area contributed by atoms with Gasteiger partial charge >= 0.3 is 0 Å². The van der Waals surface area contributed by atoms with Gasteiger partial charge in [0.15, 0.2) is 0 Å². The second-order valence-electron chi connectivity index (χ2n) is 3.80. The molecule has 0 saturated heterocycles. The minimum Gasteiger partial charge on any atom is -0.496 e. The smallest absolute Gasteiger partial charge is 0.126 e. The predicted molar refractivity (Wildman–Crippen MR) is 66.6 cm³/mol. The number of ether oxygens (including phenoxy) is 1. The minimum atomic E-state index is -0.299. The molecule has 0 amide bonds. The Morgan fingerprint density at radius 3 is 2.56 bits per heavy atom. The van der Waals surface area contributed by atoms with Gasteiger partial charge in [-0.2, -0.15) is 0 Å². The lowest BCUT2D eigenvalue weighted by Gasteiger charge is -2.20. The summed E-state index contributed by atoms with van der Waals surface area (Å²) in [6, 6.07) is 4.38. The molecule has 0 radical (unpaired) electrons. The normalized spacial score (nSPS) is 13.8. The monoisotopic (exact) mass is 247 g/mol. The van der Waals surface area contributed by atoms with Gasteiger partial charge in [0.25, 0.3) is 0 Å². The zero-order chi connectivity index (χ0) is 11.4. The lowest BCUT2D eigenvalue weighted by atomic mass is 9.93. The van der Waals surface area contributed by atoms with Crippen molar-refractivity contribution >= 4 is 12.4 Å². The Hall–Kier alpha value is -0.800. The number of hydrogen-bond acceptors (Lipinski definition) is 2. The van der Waals surface area contributed by atoms with E-state index in [1.807, 2.05) is 0 Å². The molecule has 0 aliphatic rings. The van der Waals surface area contributed by atoms with Crippen LogP contribution in [-0.2, 0) is 0 Å². The molecule has 2 atom stereocenters. The van der Waals surface area contributed by atoms with Crippen LogP contribution in [0.15, 0.2) is 18.2 Å². The van der Waals surface area contributed by atoms with Gasteiger partial charge in [0, 0.05) is 17.7 Å². The first-order valence-corrected chi connectivity index (χ1v) is 5.19. The van der Waals surface area contributed by atoms with Gasteiger partial charge in [0.05, 0.1) is 7.11 Å². The number of hydrogen-bond donors (Lipinski definition) is 1. The van der Waals surface area contributed by atoms with E-state index < -0.39 is 0 Å². The molecular formula is C12H19ClFNO. The Bertz CT molecular complexity index is 333. The average molecular weight is 248 g/mol. The molecule has 1 aromatic carbocycles. The van der Waals surface area contributed by atoms with Crippen molar-refractivity contribution < 1.29 is 9.13 Å². The largest absolute Gasteiger partial charge is 0.496 e. The van der Waals surface area contributed by atoms with Crippen LogP contribution in [0.2, 0.25) is 0 Å². The van der Waals surface area contributed by atoms with Crippen molar-refractivity contribution in [2.24, 2.45) is 11.7 Å². The van der Waals surface area contributed by atoms with Gasteiger partial charge in [-0.1, -0.05) is 26.3 Å². The molecule has 4 heteroatoms. The lowest BCUT2D eigenvalue weighted by Crippen LogP contribution is -2.19. The molecule has 2 nitrogen and oxygen atoms in total. The van der Waals surface area contributed by atoms with E-state index >= 15 is 0 Å². The fraction of sp³-hybridized carbons (Fsp3) is 0.500. The van der Waals surface area contributed by atoms with Gasteiger partial charge in [-0.15, -0.1) is 12.4 Å². The highest BCUT2D eigenvalue weighted by Crippen LogP contribution is 2.30. The van der Waals surface area contributed by atoms with Crippen LogP contribution in [0.4, 0.5) is 4.39 Å². The van der Waals surface area contributed by atoms with E-state index in [0.29, 0.717) is 11.7 Å². The SMILES string of the molecule is CCC(C)[C@@H](N)c1ccc(F)cc1OC.Cl. The molecule has 1 aromatic rings. The Kier molecular flexibility index (Phi) is 6.38. The predicted octanol–water partition coefficient (Wildman–Crippen LogP) is 3.30. The van der Waals surface area contributed by atoms with Gasteiger partial charge in [0.2, 0.25) is 0 Å². The Morgan fingerprint density at radius 1 is 1.44 bits per heavy atom. The van der Waals surface area contributed by atoms with E-state index in [-0.39, 0.29) is 24.3 Å². The molecule has 0 aliphatic carbocycles. The third-order valence-electron chi connectivity index (χ3n) is 2.81. The summed E-state index contributed by atoms with van der Waals surface area (Å²) >= 11 is 0. The second kappa shape index (κ2) is 6.71.